The summed E-state index contributed by atoms with van der Waals surface area (Å²) >= 11 is 0. The number of likely N-dealkylation sites (tertiary alicyclic amines) is 2. The molecule has 20 heavy (non-hydrogen) atoms. The van der Waals surface area contributed by atoms with E-state index in [4.69, 9.17) is 5.11 Å². The van der Waals surface area contributed by atoms with E-state index in [-0.39, 0.29) is 6.03 Å². The Kier molecular flexibility index (Phi) is 5.23. The zero-order valence-electron chi connectivity index (χ0n) is 12.2. The Morgan fingerprint density at radius 3 is 2.70 bits per heavy atom. The summed E-state index contributed by atoms with van der Waals surface area (Å²) in [4.78, 5) is 27.1. The van der Waals surface area contributed by atoms with Crippen LogP contribution < -0.4 is 5.32 Å². The Balaban J connectivity index is 1.73. The summed E-state index contributed by atoms with van der Waals surface area (Å²) in [5.41, 5.74) is 0. The molecule has 6 nitrogen and oxygen atoms in total. The van der Waals surface area contributed by atoms with Crippen molar-refractivity contribution in [2.75, 3.05) is 39.3 Å². The van der Waals surface area contributed by atoms with Crippen LogP contribution in [0.25, 0.3) is 0 Å². The second-order valence-corrected chi connectivity index (χ2v) is 5.86. The largest absolute Gasteiger partial charge is 0.481 e. The van der Waals surface area contributed by atoms with Crippen LogP contribution in [0, 0.1) is 11.8 Å². The van der Waals surface area contributed by atoms with Gasteiger partial charge in [0, 0.05) is 26.2 Å². The number of hydrogen-bond donors (Lipinski definition) is 2. The third-order valence-corrected chi connectivity index (χ3v) is 4.42. The van der Waals surface area contributed by atoms with Crippen LogP contribution in [0.15, 0.2) is 0 Å². The molecule has 2 amide bonds. The number of piperidine rings is 1. The minimum absolute atomic E-state index is 0.106. The molecule has 2 fully saturated rings. The van der Waals surface area contributed by atoms with Gasteiger partial charge in [0.1, 0.15) is 0 Å². The maximum atomic E-state index is 12.1. The van der Waals surface area contributed by atoms with Gasteiger partial charge in [0.15, 0.2) is 0 Å². The number of nitrogens with one attached hydrogen (secondary N) is 1. The highest BCUT2D eigenvalue weighted by Crippen LogP contribution is 2.17. The molecule has 0 aliphatic carbocycles. The van der Waals surface area contributed by atoms with Crippen molar-refractivity contribution < 1.29 is 14.7 Å². The quantitative estimate of drug-likeness (QED) is 0.802. The van der Waals surface area contributed by atoms with Gasteiger partial charge >= 0.3 is 12.0 Å². The number of amides is 2. The highest BCUT2D eigenvalue weighted by atomic mass is 16.4. The monoisotopic (exact) mass is 283 g/mol. The molecule has 0 aromatic heterocycles. The van der Waals surface area contributed by atoms with Gasteiger partial charge in [-0.25, -0.2) is 4.79 Å². The molecule has 2 aliphatic heterocycles. The van der Waals surface area contributed by atoms with Gasteiger partial charge < -0.3 is 20.2 Å². The van der Waals surface area contributed by atoms with E-state index in [9.17, 15) is 9.59 Å². The van der Waals surface area contributed by atoms with Crippen molar-refractivity contribution in [3.8, 4) is 0 Å². The van der Waals surface area contributed by atoms with Crippen molar-refractivity contribution in [3.63, 3.8) is 0 Å². The van der Waals surface area contributed by atoms with E-state index in [1.54, 1.807) is 4.90 Å². The Bertz CT molecular complexity index is 362. The Morgan fingerprint density at radius 2 is 2.05 bits per heavy atom. The zero-order chi connectivity index (χ0) is 14.5. The summed E-state index contributed by atoms with van der Waals surface area (Å²) in [6, 6.07) is -0.106. The first-order valence-corrected chi connectivity index (χ1v) is 7.58. The van der Waals surface area contributed by atoms with E-state index >= 15 is 0 Å². The molecule has 114 valence electrons. The van der Waals surface area contributed by atoms with Crippen LogP contribution in [-0.2, 0) is 4.79 Å². The maximum Gasteiger partial charge on any atom is 0.317 e. The summed E-state index contributed by atoms with van der Waals surface area (Å²) in [6.07, 6.45) is 2.58. The molecule has 0 spiro atoms. The number of carbonyl (C=O) groups excluding carboxylic acids is 1. The Hall–Kier alpha value is -1.30. The predicted molar refractivity (Wildman–Crippen MR) is 75.6 cm³/mol. The molecule has 2 saturated heterocycles. The van der Waals surface area contributed by atoms with Gasteiger partial charge in [-0.05, 0) is 38.3 Å². The van der Waals surface area contributed by atoms with E-state index in [0.717, 1.165) is 32.5 Å². The lowest BCUT2D eigenvalue weighted by Crippen LogP contribution is -2.48. The summed E-state index contributed by atoms with van der Waals surface area (Å²) in [5.74, 6) is -0.674. The molecular weight excluding hydrogens is 258 g/mol. The van der Waals surface area contributed by atoms with E-state index < -0.39 is 11.9 Å². The summed E-state index contributed by atoms with van der Waals surface area (Å²) in [7, 11) is 0. The first kappa shape index (κ1) is 15.1. The van der Waals surface area contributed by atoms with Crippen LogP contribution in [0.5, 0.6) is 0 Å². The molecule has 2 N–H and O–H groups in total. The van der Waals surface area contributed by atoms with Crippen LogP contribution >= 0.6 is 0 Å². The van der Waals surface area contributed by atoms with Gasteiger partial charge in [-0.3, -0.25) is 4.79 Å². The SMILES string of the molecule is CCN1CCC(CNC(=O)N2CCC[C@H](C(=O)O)C2)C1. The second kappa shape index (κ2) is 6.92. The fourth-order valence-electron chi connectivity index (χ4n) is 3.07. The highest BCUT2D eigenvalue weighted by Gasteiger charge is 2.28. The van der Waals surface area contributed by atoms with E-state index in [2.05, 4.69) is 17.1 Å². The Labute approximate surface area is 120 Å². The molecule has 2 heterocycles. The van der Waals surface area contributed by atoms with Gasteiger partial charge in [0.25, 0.3) is 0 Å². The van der Waals surface area contributed by atoms with Gasteiger partial charge in [-0.1, -0.05) is 6.92 Å². The minimum Gasteiger partial charge on any atom is -0.481 e. The van der Waals surface area contributed by atoms with Crippen molar-refractivity contribution in [1.82, 2.24) is 15.1 Å². The van der Waals surface area contributed by atoms with Crippen molar-refractivity contribution in [2.45, 2.75) is 26.2 Å². The fourth-order valence-corrected chi connectivity index (χ4v) is 3.07. The van der Waals surface area contributed by atoms with Gasteiger partial charge in [0.05, 0.1) is 5.92 Å². The van der Waals surface area contributed by atoms with Gasteiger partial charge in [-0.15, -0.1) is 0 Å². The lowest BCUT2D eigenvalue weighted by molar-refractivity contribution is -0.143. The van der Waals surface area contributed by atoms with Crippen molar-refractivity contribution in [3.05, 3.63) is 0 Å². The average Bonchev–Trinajstić information content (AvgIpc) is 2.93. The van der Waals surface area contributed by atoms with E-state index in [1.807, 2.05) is 0 Å². The second-order valence-electron chi connectivity index (χ2n) is 5.86. The molecule has 0 bridgehead atoms. The smallest absolute Gasteiger partial charge is 0.317 e. The lowest BCUT2D eigenvalue weighted by atomic mass is 9.99. The molecule has 2 aliphatic rings. The van der Waals surface area contributed by atoms with Crippen molar-refractivity contribution in [2.24, 2.45) is 11.8 Å². The maximum absolute atomic E-state index is 12.1. The van der Waals surface area contributed by atoms with Crippen LogP contribution in [0.3, 0.4) is 0 Å². The van der Waals surface area contributed by atoms with Crippen LogP contribution in [0.1, 0.15) is 26.2 Å². The number of aliphatic carboxylic acids is 1. The fraction of sp³-hybridized carbons (Fsp3) is 0.857. The minimum atomic E-state index is -0.795. The van der Waals surface area contributed by atoms with Crippen LogP contribution in [0.4, 0.5) is 4.79 Å². The lowest BCUT2D eigenvalue weighted by Gasteiger charge is -2.31. The summed E-state index contributed by atoms with van der Waals surface area (Å²) in [6.45, 7) is 7.09. The number of carboxylic acids is 1. The summed E-state index contributed by atoms with van der Waals surface area (Å²) in [5, 5.41) is 12.0. The van der Waals surface area contributed by atoms with E-state index in [1.165, 1.54) is 0 Å². The normalized spacial score (nSPS) is 27.6. The number of carboxylic acid groups (broad SMARTS) is 1. The standard InChI is InChI=1S/C14H25N3O3/c1-2-16-7-5-11(9-16)8-15-14(20)17-6-3-4-12(10-17)13(18)19/h11-12H,2-10H2,1H3,(H,15,20)(H,18,19)/t11?,12-/m0/s1. The average molecular weight is 283 g/mol. The number of rotatable bonds is 4. The van der Waals surface area contributed by atoms with Crippen LogP contribution in [0.2, 0.25) is 0 Å². The molecule has 0 radical (unpaired) electrons. The third kappa shape index (κ3) is 3.85. The number of nitrogens with zero attached hydrogens (tertiary/aromatic N) is 2. The first-order valence-electron chi connectivity index (χ1n) is 7.58. The topological polar surface area (TPSA) is 72.9 Å². The Morgan fingerprint density at radius 1 is 1.25 bits per heavy atom. The van der Waals surface area contributed by atoms with Crippen LogP contribution in [-0.4, -0.2) is 66.2 Å². The van der Waals surface area contributed by atoms with E-state index in [0.29, 0.717) is 32.0 Å². The van der Waals surface area contributed by atoms with Gasteiger partial charge in [0.2, 0.25) is 0 Å². The summed E-state index contributed by atoms with van der Waals surface area (Å²) < 4.78 is 0. The van der Waals surface area contributed by atoms with Gasteiger partial charge in [-0.2, -0.15) is 0 Å². The molecule has 0 aromatic carbocycles. The number of carbonyl (C=O) groups is 2. The molecule has 1 unspecified atom stereocenters. The molecule has 0 aromatic rings. The zero-order valence-corrected chi connectivity index (χ0v) is 12.2. The predicted octanol–water partition coefficient (Wildman–Crippen LogP) is 0.834. The number of urea groups is 1. The molecule has 6 heteroatoms. The third-order valence-electron chi connectivity index (χ3n) is 4.42. The molecule has 2 atom stereocenters. The van der Waals surface area contributed by atoms with Crippen molar-refractivity contribution >= 4 is 12.0 Å². The molecule has 0 saturated carbocycles. The van der Waals surface area contributed by atoms with Crippen molar-refractivity contribution in [1.29, 1.82) is 0 Å². The number of hydrogen-bond acceptors (Lipinski definition) is 3. The first-order chi connectivity index (χ1) is 9.60. The highest BCUT2D eigenvalue weighted by molar-refractivity contribution is 5.76. The molecular formula is C14H25N3O3. The molecule has 2 rings (SSSR count).